The van der Waals surface area contributed by atoms with Crippen LogP contribution in [-0.2, 0) is 15.1 Å². The average molecular weight is 327 g/mol. The molecular weight excluding hydrogens is 302 g/mol. The van der Waals surface area contributed by atoms with Crippen LogP contribution in [0.5, 0.6) is 0 Å². The summed E-state index contributed by atoms with van der Waals surface area (Å²) in [5.41, 5.74) is 4.15. The number of esters is 1. The second kappa shape index (κ2) is 7.60. The van der Waals surface area contributed by atoms with Crippen LogP contribution in [-0.4, -0.2) is 23.2 Å². The van der Waals surface area contributed by atoms with Crippen molar-refractivity contribution in [2.24, 2.45) is 5.73 Å². The van der Waals surface area contributed by atoms with Gasteiger partial charge in [-0.15, -0.1) is 0 Å². The third-order valence-corrected chi connectivity index (χ3v) is 4.65. The lowest BCUT2D eigenvalue weighted by Gasteiger charge is -2.35. The molecule has 128 valence electrons. The lowest BCUT2D eigenvalue weighted by molar-refractivity contribution is -0.178. The van der Waals surface area contributed by atoms with Crippen LogP contribution in [0.25, 0.3) is 0 Å². The number of rotatable bonds is 7. The number of hydrogen-bond donors (Lipinski definition) is 2. The summed E-state index contributed by atoms with van der Waals surface area (Å²) in [6.07, 6.45) is 1.18. The van der Waals surface area contributed by atoms with Crippen LogP contribution in [0.3, 0.4) is 0 Å². The second-order valence-corrected chi connectivity index (χ2v) is 5.93. The van der Waals surface area contributed by atoms with E-state index in [0.717, 1.165) is 0 Å². The van der Waals surface area contributed by atoms with E-state index in [1.54, 1.807) is 48.5 Å². The van der Waals surface area contributed by atoms with Gasteiger partial charge < -0.3 is 15.6 Å². The Kier molecular flexibility index (Phi) is 5.75. The van der Waals surface area contributed by atoms with E-state index in [2.05, 4.69) is 0 Å². The molecule has 0 bridgehead atoms. The van der Waals surface area contributed by atoms with Crippen molar-refractivity contribution in [3.63, 3.8) is 0 Å². The van der Waals surface area contributed by atoms with Crippen molar-refractivity contribution in [1.29, 1.82) is 0 Å². The summed E-state index contributed by atoms with van der Waals surface area (Å²) in [6.45, 7) is 4.06. The van der Waals surface area contributed by atoms with Crippen LogP contribution < -0.4 is 5.73 Å². The molecule has 0 amide bonds. The van der Waals surface area contributed by atoms with E-state index in [4.69, 9.17) is 10.5 Å². The third-order valence-electron chi connectivity index (χ3n) is 4.65. The Balaban J connectivity index is 2.50. The first kappa shape index (κ1) is 18.2. The van der Waals surface area contributed by atoms with Gasteiger partial charge in [-0.25, -0.2) is 4.79 Å². The molecule has 0 saturated heterocycles. The van der Waals surface area contributed by atoms with Crippen molar-refractivity contribution in [2.75, 3.05) is 6.54 Å². The molecule has 0 spiro atoms. The molecule has 0 fully saturated rings. The predicted octanol–water partition coefficient (Wildman–Crippen LogP) is 2.98. The van der Waals surface area contributed by atoms with Crippen molar-refractivity contribution in [1.82, 2.24) is 0 Å². The zero-order valence-corrected chi connectivity index (χ0v) is 14.2. The topological polar surface area (TPSA) is 72.5 Å². The van der Waals surface area contributed by atoms with Gasteiger partial charge in [0.1, 0.15) is 5.60 Å². The fraction of sp³-hybridized carbons (Fsp3) is 0.350. The molecule has 24 heavy (non-hydrogen) atoms. The number of nitrogens with two attached hydrogens (primary N) is 1. The SMILES string of the molecule is CCC(CC)(CN)OC(=O)C(O)(c1ccccc1)c1ccccc1. The van der Waals surface area contributed by atoms with Gasteiger partial charge in [-0.3, -0.25) is 0 Å². The summed E-state index contributed by atoms with van der Waals surface area (Å²) in [5, 5.41) is 11.4. The van der Waals surface area contributed by atoms with Crippen LogP contribution in [0.1, 0.15) is 37.8 Å². The van der Waals surface area contributed by atoms with Gasteiger partial charge in [0.05, 0.1) is 0 Å². The van der Waals surface area contributed by atoms with Crippen LogP contribution in [0.2, 0.25) is 0 Å². The van der Waals surface area contributed by atoms with Crippen LogP contribution in [0.4, 0.5) is 0 Å². The summed E-state index contributed by atoms with van der Waals surface area (Å²) < 4.78 is 5.75. The molecule has 0 unspecified atom stereocenters. The van der Waals surface area contributed by atoms with E-state index < -0.39 is 17.2 Å². The molecule has 0 aliphatic heterocycles. The van der Waals surface area contributed by atoms with Gasteiger partial charge in [0.25, 0.3) is 0 Å². The van der Waals surface area contributed by atoms with Gasteiger partial charge in [0, 0.05) is 6.54 Å². The monoisotopic (exact) mass is 327 g/mol. The highest BCUT2D eigenvalue weighted by Gasteiger charge is 2.44. The summed E-state index contributed by atoms with van der Waals surface area (Å²) >= 11 is 0. The van der Waals surface area contributed by atoms with Gasteiger partial charge in [-0.1, -0.05) is 74.5 Å². The highest BCUT2D eigenvalue weighted by Crippen LogP contribution is 2.33. The van der Waals surface area contributed by atoms with Gasteiger partial charge in [0.2, 0.25) is 5.60 Å². The number of ether oxygens (including phenoxy) is 1. The molecule has 2 rings (SSSR count). The first-order chi connectivity index (χ1) is 11.5. The quantitative estimate of drug-likeness (QED) is 0.767. The lowest BCUT2D eigenvalue weighted by atomic mass is 9.86. The summed E-state index contributed by atoms with van der Waals surface area (Å²) in [5.74, 6) is -0.700. The predicted molar refractivity (Wildman–Crippen MR) is 94.3 cm³/mol. The third kappa shape index (κ3) is 3.35. The Labute approximate surface area is 143 Å². The van der Waals surface area contributed by atoms with Crippen molar-refractivity contribution in [3.05, 3.63) is 71.8 Å². The van der Waals surface area contributed by atoms with Gasteiger partial charge in [-0.2, -0.15) is 0 Å². The maximum atomic E-state index is 13.0. The molecule has 0 aromatic heterocycles. The molecule has 0 radical (unpaired) electrons. The number of carbonyl (C=O) groups is 1. The van der Waals surface area contributed by atoms with Crippen LogP contribution in [0, 0.1) is 0 Å². The average Bonchev–Trinajstić information content (AvgIpc) is 2.66. The minimum atomic E-state index is -1.87. The zero-order chi connectivity index (χ0) is 17.6. The minimum absolute atomic E-state index is 0.214. The first-order valence-corrected chi connectivity index (χ1v) is 8.29. The van der Waals surface area contributed by atoms with Gasteiger partial charge in [0.15, 0.2) is 0 Å². The summed E-state index contributed by atoms with van der Waals surface area (Å²) in [6, 6.07) is 17.7. The van der Waals surface area contributed by atoms with E-state index in [1.807, 2.05) is 26.0 Å². The second-order valence-electron chi connectivity index (χ2n) is 5.93. The highest BCUT2D eigenvalue weighted by molar-refractivity contribution is 5.85. The van der Waals surface area contributed by atoms with Crippen molar-refractivity contribution >= 4 is 5.97 Å². The summed E-state index contributed by atoms with van der Waals surface area (Å²) in [7, 11) is 0. The molecule has 2 aromatic carbocycles. The molecule has 0 aliphatic rings. The van der Waals surface area contributed by atoms with E-state index in [9.17, 15) is 9.90 Å². The minimum Gasteiger partial charge on any atom is -0.455 e. The maximum Gasteiger partial charge on any atom is 0.348 e. The van der Waals surface area contributed by atoms with Crippen molar-refractivity contribution in [3.8, 4) is 0 Å². The largest absolute Gasteiger partial charge is 0.455 e. The molecule has 0 aliphatic carbocycles. The fourth-order valence-electron chi connectivity index (χ4n) is 2.76. The molecule has 3 N–H and O–H groups in total. The number of benzene rings is 2. The summed E-state index contributed by atoms with van der Waals surface area (Å²) in [4.78, 5) is 13.0. The maximum absolute atomic E-state index is 13.0. The Morgan fingerprint density at radius 3 is 1.71 bits per heavy atom. The smallest absolute Gasteiger partial charge is 0.348 e. The zero-order valence-electron chi connectivity index (χ0n) is 14.2. The van der Waals surface area contributed by atoms with Crippen molar-refractivity contribution < 1.29 is 14.6 Å². The van der Waals surface area contributed by atoms with E-state index in [-0.39, 0.29) is 6.54 Å². The van der Waals surface area contributed by atoms with E-state index in [0.29, 0.717) is 24.0 Å². The Hall–Kier alpha value is -2.17. The molecule has 0 atom stereocenters. The molecular formula is C20H25NO3. The lowest BCUT2D eigenvalue weighted by Crippen LogP contribution is -2.48. The fourth-order valence-corrected chi connectivity index (χ4v) is 2.76. The van der Waals surface area contributed by atoms with Gasteiger partial charge >= 0.3 is 5.97 Å². The number of carbonyl (C=O) groups excluding carboxylic acids is 1. The molecule has 4 heteroatoms. The molecule has 0 saturated carbocycles. The normalized spacial score (nSPS) is 12.0. The number of hydrogen-bond acceptors (Lipinski definition) is 4. The van der Waals surface area contributed by atoms with Crippen LogP contribution >= 0.6 is 0 Å². The van der Waals surface area contributed by atoms with E-state index >= 15 is 0 Å². The Morgan fingerprint density at radius 1 is 0.958 bits per heavy atom. The highest BCUT2D eigenvalue weighted by atomic mass is 16.6. The molecule has 4 nitrogen and oxygen atoms in total. The Bertz CT molecular complexity index is 603. The van der Waals surface area contributed by atoms with E-state index in [1.165, 1.54) is 0 Å². The van der Waals surface area contributed by atoms with Crippen LogP contribution in [0.15, 0.2) is 60.7 Å². The number of aliphatic hydroxyl groups is 1. The first-order valence-electron chi connectivity index (χ1n) is 8.29. The molecule has 2 aromatic rings. The Morgan fingerprint density at radius 2 is 1.38 bits per heavy atom. The standard InChI is InChI=1S/C20H25NO3/c1-3-19(4-2,15-21)24-18(22)20(23,16-11-7-5-8-12-16)17-13-9-6-10-14-17/h5-14,23H,3-4,15,21H2,1-2H3. The van der Waals surface area contributed by atoms with Crippen molar-refractivity contribution in [2.45, 2.75) is 37.9 Å². The molecule has 0 heterocycles. The van der Waals surface area contributed by atoms with Gasteiger partial charge in [-0.05, 0) is 24.0 Å².